The molecule has 112 valence electrons. The van der Waals surface area contributed by atoms with E-state index < -0.39 is 5.54 Å². The molecule has 1 unspecified atom stereocenters. The second kappa shape index (κ2) is 8.51. The highest BCUT2D eigenvalue weighted by atomic mass is 16.5. The quantitative estimate of drug-likeness (QED) is 0.607. The van der Waals surface area contributed by atoms with Crippen molar-refractivity contribution in [1.29, 1.82) is 0 Å². The summed E-state index contributed by atoms with van der Waals surface area (Å²) in [6, 6.07) is 0. The van der Waals surface area contributed by atoms with Crippen molar-refractivity contribution in [3.63, 3.8) is 0 Å². The highest BCUT2D eigenvalue weighted by Crippen LogP contribution is 2.14. The number of amides is 1. The molecule has 0 saturated carbocycles. The van der Waals surface area contributed by atoms with Gasteiger partial charge in [-0.15, -0.1) is 0 Å². The van der Waals surface area contributed by atoms with Gasteiger partial charge in [-0.05, 0) is 45.7 Å². The third kappa shape index (κ3) is 5.89. The molecule has 0 aliphatic carbocycles. The molecule has 1 aliphatic rings. The largest absolute Gasteiger partial charge is 0.379 e. The molecule has 1 amide bonds. The third-order valence-electron chi connectivity index (χ3n) is 3.81. The minimum absolute atomic E-state index is 0.243. The van der Waals surface area contributed by atoms with Crippen LogP contribution in [0.1, 0.15) is 39.5 Å². The summed E-state index contributed by atoms with van der Waals surface area (Å²) in [6.07, 6.45) is 3.95. The lowest BCUT2D eigenvalue weighted by Gasteiger charge is -2.29. The van der Waals surface area contributed by atoms with Gasteiger partial charge in [-0.3, -0.25) is 9.69 Å². The van der Waals surface area contributed by atoms with Crippen LogP contribution in [0.2, 0.25) is 0 Å². The van der Waals surface area contributed by atoms with Crippen molar-refractivity contribution in [3.05, 3.63) is 0 Å². The second-order valence-electron chi connectivity index (χ2n) is 5.53. The molecular formula is C14H29N3O2. The summed E-state index contributed by atoms with van der Waals surface area (Å²) >= 11 is 0. The van der Waals surface area contributed by atoms with Gasteiger partial charge >= 0.3 is 0 Å². The summed E-state index contributed by atoms with van der Waals surface area (Å²) in [5.74, 6) is -0.243. The maximum absolute atomic E-state index is 11.6. The van der Waals surface area contributed by atoms with E-state index in [2.05, 4.69) is 17.1 Å². The summed E-state index contributed by atoms with van der Waals surface area (Å²) in [5.41, 5.74) is 4.95. The number of nitrogens with two attached hydrogens (primary N) is 1. The molecule has 0 bridgehead atoms. The summed E-state index contributed by atoms with van der Waals surface area (Å²) < 4.78 is 5.32. The smallest absolute Gasteiger partial charge is 0.237 e. The van der Waals surface area contributed by atoms with Gasteiger partial charge in [0.2, 0.25) is 5.91 Å². The molecule has 0 aromatic heterocycles. The van der Waals surface area contributed by atoms with Crippen LogP contribution in [0.4, 0.5) is 0 Å². The van der Waals surface area contributed by atoms with Gasteiger partial charge in [-0.1, -0.05) is 6.92 Å². The topological polar surface area (TPSA) is 67.6 Å². The highest BCUT2D eigenvalue weighted by molar-refractivity contribution is 5.84. The van der Waals surface area contributed by atoms with Gasteiger partial charge in [-0.2, -0.15) is 0 Å². The van der Waals surface area contributed by atoms with E-state index in [1.54, 1.807) is 0 Å². The molecule has 1 aliphatic heterocycles. The SMILES string of the molecule is CCCNC(C)(CCCCN1CCOCC1)C(N)=O. The molecule has 1 rings (SSSR count). The lowest BCUT2D eigenvalue weighted by atomic mass is 9.93. The molecule has 0 spiro atoms. The normalized spacial score (nSPS) is 20.1. The highest BCUT2D eigenvalue weighted by Gasteiger charge is 2.29. The number of morpholine rings is 1. The summed E-state index contributed by atoms with van der Waals surface area (Å²) in [4.78, 5) is 14.0. The number of hydrogen-bond acceptors (Lipinski definition) is 4. The Bertz CT molecular complexity index is 267. The predicted octanol–water partition coefficient (Wildman–Crippen LogP) is 0.733. The lowest BCUT2D eigenvalue weighted by Crippen LogP contribution is -2.53. The van der Waals surface area contributed by atoms with Crippen molar-refractivity contribution in [2.45, 2.75) is 45.1 Å². The van der Waals surface area contributed by atoms with Gasteiger partial charge in [0.05, 0.1) is 18.8 Å². The summed E-state index contributed by atoms with van der Waals surface area (Å²) in [7, 11) is 0. The van der Waals surface area contributed by atoms with Gasteiger partial charge in [0, 0.05) is 13.1 Å². The van der Waals surface area contributed by atoms with Crippen molar-refractivity contribution in [2.24, 2.45) is 5.73 Å². The maximum atomic E-state index is 11.6. The number of unbranched alkanes of at least 4 members (excludes halogenated alkanes) is 1. The van der Waals surface area contributed by atoms with Gasteiger partial charge in [0.1, 0.15) is 0 Å². The molecule has 5 nitrogen and oxygen atoms in total. The zero-order valence-corrected chi connectivity index (χ0v) is 12.4. The fourth-order valence-electron chi connectivity index (χ4n) is 2.34. The average Bonchev–Trinajstić information content (AvgIpc) is 2.42. The van der Waals surface area contributed by atoms with Crippen LogP contribution in [0.3, 0.4) is 0 Å². The first-order valence-corrected chi connectivity index (χ1v) is 7.43. The fourth-order valence-corrected chi connectivity index (χ4v) is 2.34. The van der Waals surface area contributed by atoms with Gasteiger partial charge in [-0.25, -0.2) is 0 Å². The number of nitrogens with zero attached hydrogens (tertiary/aromatic N) is 1. The van der Waals surface area contributed by atoms with E-state index in [4.69, 9.17) is 10.5 Å². The number of rotatable bonds is 9. The van der Waals surface area contributed by atoms with Crippen LogP contribution in [0, 0.1) is 0 Å². The van der Waals surface area contributed by atoms with E-state index in [-0.39, 0.29) is 5.91 Å². The molecule has 3 N–H and O–H groups in total. The van der Waals surface area contributed by atoms with Crippen molar-refractivity contribution < 1.29 is 9.53 Å². The van der Waals surface area contributed by atoms with Crippen LogP contribution in [-0.2, 0) is 9.53 Å². The molecule has 0 aromatic rings. The minimum Gasteiger partial charge on any atom is -0.379 e. The van der Waals surface area contributed by atoms with E-state index in [0.29, 0.717) is 0 Å². The Balaban J connectivity index is 2.22. The molecule has 5 heteroatoms. The van der Waals surface area contributed by atoms with Gasteiger partial charge in [0.25, 0.3) is 0 Å². The Morgan fingerprint density at radius 3 is 2.63 bits per heavy atom. The number of nitrogens with one attached hydrogen (secondary N) is 1. The first-order chi connectivity index (χ1) is 9.08. The third-order valence-corrected chi connectivity index (χ3v) is 3.81. The van der Waals surface area contributed by atoms with Crippen LogP contribution in [0.25, 0.3) is 0 Å². The average molecular weight is 271 g/mol. The molecule has 1 heterocycles. The fraction of sp³-hybridized carbons (Fsp3) is 0.929. The second-order valence-corrected chi connectivity index (χ2v) is 5.53. The van der Waals surface area contributed by atoms with Gasteiger partial charge in [0.15, 0.2) is 0 Å². The molecule has 1 saturated heterocycles. The molecule has 1 fully saturated rings. The predicted molar refractivity (Wildman–Crippen MR) is 77.0 cm³/mol. The molecule has 0 aromatic carbocycles. The number of carbonyl (C=O) groups is 1. The van der Waals surface area contributed by atoms with E-state index in [1.807, 2.05) is 6.92 Å². The van der Waals surface area contributed by atoms with Crippen molar-refractivity contribution >= 4 is 5.91 Å². The molecule has 0 radical (unpaired) electrons. The molecular weight excluding hydrogens is 242 g/mol. The van der Waals surface area contributed by atoms with Crippen molar-refractivity contribution in [3.8, 4) is 0 Å². The summed E-state index contributed by atoms with van der Waals surface area (Å²) in [5, 5.41) is 3.28. The Kier molecular flexibility index (Phi) is 7.34. The Labute approximate surface area is 116 Å². The van der Waals surface area contributed by atoms with Crippen LogP contribution in [0.15, 0.2) is 0 Å². The van der Waals surface area contributed by atoms with Crippen molar-refractivity contribution in [1.82, 2.24) is 10.2 Å². The number of carbonyl (C=O) groups excluding carboxylic acids is 1. The monoisotopic (exact) mass is 271 g/mol. The van der Waals surface area contributed by atoms with E-state index in [0.717, 1.165) is 65.1 Å². The number of primary amides is 1. The Hall–Kier alpha value is -0.650. The van der Waals surface area contributed by atoms with E-state index in [9.17, 15) is 4.79 Å². The summed E-state index contributed by atoms with van der Waals surface area (Å²) in [6.45, 7) is 9.68. The van der Waals surface area contributed by atoms with Crippen LogP contribution in [-0.4, -0.2) is 55.7 Å². The molecule has 19 heavy (non-hydrogen) atoms. The standard InChI is InChI=1S/C14H29N3O2/c1-3-7-16-14(2,13(15)18)6-4-5-8-17-9-11-19-12-10-17/h16H,3-12H2,1-2H3,(H2,15,18). The van der Waals surface area contributed by atoms with Gasteiger partial charge < -0.3 is 15.8 Å². The Morgan fingerprint density at radius 1 is 1.37 bits per heavy atom. The number of hydrogen-bond donors (Lipinski definition) is 2. The first kappa shape index (κ1) is 16.4. The minimum atomic E-state index is -0.555. The van der Waals surface area contributed by atoms with E-state index in [1.165, 1.54) is 0 Å². The number of ether oxygens (including phenoxy) is 1. The maximum Gasteiger partial charge on any atom is 0.237 e. The lowest BCUT2D eigenvalue weighted by molar-refractivity contribution is -0.124. The van der Waals surface area contributed by atoms with E-state index >= 15 is 0 Å². The van der Waals surface area contributed by atoms with Crippen molar-refractivity contribution in [2.75, 3.05) is 39.4 Å². The zero-order valence-electron chi connectivity index (χ0n) is 12.4. The molecule has 1 atom stereocenters. The zero-order chi connectivity index (χ0) is 14.1. The Morgan fingerprint density at radius 2 is 2.05 bits per heavy atom. The van der Waals surface area contributed by atoms with Crippen LogP contribution >= 0.6 is 0 Å². The van der Waals surface area contributed by atoms with Crippen LogP contribution < -0.4 is 11.1 Å². The van der Waals surface area contributed by atoms with Crippen LogP contribution in [0.5, 0.6) is 0 Å². The first-order valence-electron chi connectivity index (χ1n) is 7.43.